The Morgan fingerprint density at radius 2 is 2.04 bits per heavy atom. The molecule has 23 heavy (non-hydrogen) atoms. The van der Waals surface area contributed by atoms with E-state index >= 15 is 0 Å². The number of nitrogens with one attached hydrogen (secondary N) is 2. The highest BCUT2D eigenvalue weighted by Gasteiger charge is 2.15. The van der Waals surface area contributed by atoms with Crippen LogP contribution in [0.5, 0.6) is 0 Å². The summed E-state index contributed by atoms with van der Waals surface area (Å²) in [5.41, 5.74) is 0.948. The second-order valence-corrected chi connectivity index (χ2v) is 5.47. The van der Waals surface area contributed by atoms with Crippen LogP contribution in [0.15, 0.2) is 47.1 Å². The van der Waals surface area contributed by atoms with Gasteiger partial charge in [-0.3, -0.25) is 10.1 Å². The molecule has 2 rings (SSSR count). The highest BCUT2D eigenvalue weighted by molar-refractivity contribution is 6.31. The summed E-state index contributed by atoms with van der Waals surface area (Å²) >= 11 is 6.12. The molecule has 1 atom stereocenters. The monoisotopic (exact) mass is 336 g/mol. The summed E-state index contributed by atoms with van der Waals surface area (Å²) in [6.07, 6.45) is 1.52. The molecule has 0 aliphatic rings. The van der Waals surface area contributed by atoms with Crippen molar-refractivity contribution in [3.8, 4) is 0 Å². The number of carbonyl (C=O) groups excluding carboxylic acids is 2. The van der Waals surface area contributed by atoms with Crippen LogP contribution in [-0.2, 0) is 11.3 Å². The van der Waals surface area contributed by atoms with E-state index < -0.39 is 6.03 Å². The topological polar surface area (TPSA) is 88.0 Å². The summed E-state index contributed by atoms with van der Waals surface area (Å²) in [4.78, 5) is 23.4. The average molecular weight is 337 g/mol. The minimum Gasteiger partial charge on any atom is -0.467 e. The van der Waals surface area contributed by atoms with Crippen LogP contribution in [-0.4, -0.2) is 18.5 Å². The van der Waals surface area contributed by atoms with Crippen LogP contribution in [0, 0.1) is 0 Å². The van der Waals surface area contributed by atoms with Crippen LogP contribution in [0.2, 0.25) is 5.02 Å². The summed E-state index contributed by atoms with van der Waals surface area (Å²) in [5, 5.41) is 7.29. The van der Waals surface area contributed by atoms with Gasteiger partial charge in [-0.2, -0.15) is 0 Å². The fourth-order valence-electron chi connectivity index (χ4n) is 2.06. The first-order valence-corrected chi connectivity index (χ1v) is 7.62. The molecule has 4 N–H and O–H groups in total. The van der Waals surface area contributed by atoms with Gasteiger partial charge in [0.2, 0.25) is 0 Å². The van der Waals surface area contributed by atoms with Gasteiger partial charge in [-0.05, 0) is 25.1 Å². The Balaban J connectivity index is 1.72. The normalized spacial score (nSPS) is 11.7. The number of furan rings is 1. The van der Waals surface area contributed by atoms with Crippen LogP contribution in [0.3, 0.4) is 0 Å². The van der Waals surface area contributed by atoms with Gasteiger partial charge in [0.1, 0.15) is 11.8 Å². The number of carbonyl (C=O) groups is 2. The molecule has 122 valence electrons. The minimum absolute atomic E-state index is 0.0145. The smallest absolute Gasteiger partial charge is 0.321 e. The van der Waals surface area contributed by atoms with Gasteiger partial charge in [0, 0.05) is 10.6 Å². The van der Waals surface area contributed by atoms with Crippen LogP contribution in [0.1, 0.15) is 24.3 Å². The predicted octanol–water partition coefficient (Wildman–Crippen LogP) is 1.58. The lowest BCUT2D eigenvalue weighted by atomic mass is 10.1. The fraction of sp³-hybridized carbons (Fsp3) is 0.250. The van der Waals surface area contributed by atoms with Gasteiger partial charge in [0.25, 0.3) is 5.91 Å². The molecule has 0 saturated heterocycles. The van der Waals surface area contributed by atoms with Gasteiger partial charge >= 0.3 is 6.03 Å². The van der Waals surface area contributed by atoms with Crippen LogP contribution >= 0.6 is 11.6 Å². The highest BCUT2D eigenvalue weighted by Crippen LogP contribution is 2.19. The van der Waals surface area contributed by atoms with Gasteiger partial charge in [-0.15, -0.1) is 0 Å². The van der Waals surface area contributed by atoms with Gasteiger partial charge in [-0.25, -0.2) is 4.79 Å². The molecule has 0 fully saturated rings. The zero-order valence-electron chi connectivity index (χ0n) is 12.7. The molecule has 0 radical (unpaired) electrons. The van der Waals surface area contributed by atoms with Crippen LogP contribution < -0.4 is 16.0 Å². The highest BCUT2D eigenvalue weighted by atomic mass is 35.5. The van der Waals surface area contributed by atoms with E-state index in [1.807, 2.05) is 36.5 Å². The van der Waals surface area contributed by atoms with Gasteiger partial charge < -0.3 is 15.1 Å². The van der Waals surface area contributed by atoms with Gasteiger partial charge in [0.05, 0.1) is 12.8 Å². The minimum atomic E-state index is -0.551. The molecular formula is C16H19ClN3O3+. The van der Waals surface area contributed by atoms with E-state index in [9.17, 15) is 9.59 Å². The molecule has 1 heterocycles. The number of hydrogen-bond acceptors (Lipinski definition) is 3. The first-order chi connectivity index (χ1) is 11.1. The second-order valence-electron chi connectivity index (χ2n) is 5.06. The van der Waals surface area contributed by atoms with E-state index in [4.69, 9.17) is 16.0 Å². The molecule has 6 nitrogen and oxygen atoms in total. The molecule has 1 aromatic heterocycles. The van der Waals surface area contributed by atoms with Crippen molar-refractivity contribution in [2.75, 3.05) is 6.54 Å². The lowest BCUT2D eigenvalue weighted by Gasteiger charge is -2.12. The molecule has 0 aliphatic carbocycles. The first kappa shape index (κ1) is 17.1. The van der Waals surface area contributed by atoms with Crippen molar-refractivity contribution in [2.24, 2.45) is 0 Å². The predicted molar refractivity (Wildman–Crippen MR) is 85.7 cm³/mol. The van der Waals surface area contributed by atoms with Crippen LogP contribution in [0.4, 0.5) is 4.79 Å². The number of benzene rings is 1. The quantitative estimate of drug-likeness (QED) is 0.748. The Bertz CT molecular complexity index is 658. The number of nitrogens with two attached hydrogens (primary N) is 1. The third kappa shape index (κ3) is 5.43. The molecule has 0 bridgehead atoms. The summed E-state index contributed by atoms with van der Waals surface area (Å²) in [6, 6.07) is 10.4. The second kappa shape index (κ2) is 8.36. The average Bonchev–Trinajstić information content (AvgIpc) is 3.04. The number of amides is 3. The summed E-state index contributed by atoms with van der Waals surface area (Å²) in [7, 11) is 0. The Labute approximate surface area is 139 Å². The fourth-order valence-corrected chi connectivity index (χ4v) is 2.37. The molecule has 0 aliphatic heterocycles. The summed E-state index contributed by atoms with van der Waals surface area (Å²) in [5.74, 6) is 0.243. The third-order valence-electron chi connectivity index (χ3n) is 3.31. The molecule has 0 spiro atoms. The molecule has 3 amide bonds. The number of hydrogen-bond donors (Lipinski definition) is 3. The Morgan fingerprint density at radius 3 is 2.74 bits per heavy atom. The number of halogens is 1. The molecule has 1 aromatic carbocycles. The lowest BCUT2D eigenvalue weighted by molar-refractivity contribution is -0.682. The molecule has 0 unspecified atom stereocenters. The molecule has 0 saturated carbocycles. The first-order valence-electron chi connectivity index (χ1n) is 7.24. The number of rotatable bonds is 6. The van der Waals surface area contributed by atoms with Crippen molar-refractivity contribution in [3.63, 3.8) is 0 Å². The van der Waals surface area contributed by atoms with Crippen molar-refractivity contribution in [1.29, 1.82) is 0 Å². The summed E-state index contributed by atoms with van der Waals surface area (Å²) < 4.78 is 5.08. The van der Waals surface area contributed by atoms with Crippen molar-refractivity contribution >= 4 is 23.5 Å². The van der Waals surface area contributed by atoms with Crippen molar-refractivity contribution < 1.29 is 19.3 Å². The number of urea groups is 1. The zero-order chi connectivity index (χ0) is 16.7. The Hall–Kier alpha value is -2.31. The Morgan fingerprint density at radius 1 is 1.26 bits per heavy atom. The van der Waals surface area contributed by atoms with E-state index in [-0.39, 0.29) is 25.0 Å². The maximum atomic E-state index is 11.8. The SMILES string of the molecule is C[C@@H]([NH2+]CC(=O)NC(=O)NCc1ccco1)c1ccccc1Cl. The van der Waals surface area contributed by atoms with E-state index in [0.717, 1.165) is 5.56 Å². The number of quaternary nitrogens is 1. The van der Waals surface area contributed by atoms with Crippen molar-refractivity contribution in [1.82, 2.24) is 10.6 Å². The van der Waals surface area contributed by atoms with Crippen LogP contribution in [0.25, 0.3) is 0 Å². The van der Waals surface area contributed by atoms with E-state index in [0.29, 0.717) is 10.8 Å². The maximum Gasteiger partial charge on any atom is 0.321 e. The van der Waals surface area contributed by atoms with E-state index in [1.165, 1.54) is 6.26 Å². The summed E-state index contributed by atoms with van der Waals surface area (Å²) in [6.45, 7) is 2.30. The van der Waals surface area contributed by atoms with Crippen molar-refractivity contribution in [2.45, 2.75) is 19.5 Å². The molecular weight excluding hydrogens is 318 g/mol. The van der Waals surface area contributed by atoms with Crippen molar-refractivity contribution in [3.05, 3.63) is 59.0 Å². The largest absolute Gasteiger partial charge is 0.467 e. The molecule has 7 heteroatoms. The van der Waals surface area contributed by atoms with Gasteiger partial charge in [-0.1, -0.05) is 29.8 Å². The van der Waals surface area contributed by atoms with E-state index in [2.05, 4.69) is 10.6 Å². The van der Waals surface area contributed by atoms with E-state index in [1.54, 1.807) is 12.1 Å². The number of imide groups is 1. The Kier molecular flexibility index (Phi) is 6.19. The maximum absolute atomic E-state index is 11.8. The molecule has 2 aromatic rings. The lowest BCUT2D eigenvalue weighted by Crippen LogP contribution is -2.87. The van der Waals surface area contributed by atoms with Gasteiger partial charge in [0.15, 0.2) is 6.54 Å². The zero-order valence-corrected chi connectivity index (χ0v) is 13.5. The third-order valence-corrected chi connectivity index (χ3v) is 3.65. The standard InChI is InChI=1S/C16H18ClN3O3/c1-11(13-6-2-3-7-14(13)17)18-10-15(21)20-16(22)19-9-12-5-4-8-23-12/h2-8,11,18H,9-10H2,1H3,(H2,19,20,21,22)/p+1/t11-/m1/s1.